The van der Waals surface area contributed by atoms with E-state index in [9.17, 15) is 0 Å². The summed E-state index contributed by atoms with van der Waals surface area (Å²) in [5.74, 6) is 2.48. The summed E-state index contributed by atoms with van der Waals surface area (Å²) in [4.78, 5) is 8.67. The largest absolute Gasteiger partial charge is 0.495 e. The van der Waals surface area contributed by atoms with Gasteiger partial charge in [0.1, 0.15) is 23.7 Å². The van der Waals surface area contributed by atoms with Crippen LogP contribution in [-0.2, 0) is 6.42 Å². The molecule has 1 aromatic heterocycles. The van der Waals surface area contributed by atoms with Gasteiger partial charge in [-0.15, -0.1) is 0 Å². The molecule has 112 valence electrons. The van der Waals surface area contributed by atoms with Crippen LogP contribution in [0.2, 0.25) is 0 Å². The molecule has 0 atom stereocenters. The Hall–Kier alpha value is -2.30. The quantitative estimate of drug-likeness (QED) is 0.850. The number of hydrogen-bond acceptors (Lipinski definition) is 5. The third-order valence-electron chi connectivity index (χ3n) is 3.29. The van der Waals surface area contributed by atoms with Gasteiger partial charge in [-0.2, -0.15) is 0 Å². The van der Waals surface area contributed by atoms with Crippen LogP contribution in [0.1, 0.15) is 24.5 Å². The maximum Gasteiger partial charge on any atom is 0.142 e. The Morgan fingerprint density at radius 3 is 2.62 bits per heavy atom. The molecule has 5 heteroatoms. The minimum absolute atomic E-state index is 0.799. The summed E-state index contributed by atoms with van der Waals surface area (Å²) in [5.41, 5.74) is 3.17. The fraction of sp³-hybridized carbons (Fsp3) is 0.375. The number of aryl methyl sites for hydroxylation is 1. The van der Waals surface area contributed by atoms with E-state index >= 15 is 0 Å². The summed E-state index contributed by atoms with van der Waals surface area (Å²) in [6.45, 7) is 4.19. The van der Waals surface area contributed by atoms with Crippen molar-refractivity contribution >= 4 is 17.3 Å². The van der Waals surface area contributed by atoms with E-state index in [1.54, 1.807) is 13.4 Å². The first-order chi connectivity index (χ1) is 10.2. The Balaban J connectivity index is 2.41. The average molecular weight is 286 g/mol. The molecule has 5 nitrogen and oxygen atoms in total. The van der Waals surface area contributed by atoms with Crippen LogP contribution in [0.15, 0.2) is 24.5 Å². The van der Waals surface area contributed by atoms with Crippen molar-refractivity contribution in [2.45, 2.75) is 26.7 Å². The Morgan fingerprint density at radius 2 is 1.95 bits per heavy atom. The molecule has 21 heavy (non-hydrogen) atoms. The van der Waals surface area contributed by atoms with Crippen LogP contribution in [0, 0.1) is 6.92 Å². The molecule has 0 saturated carbocycles. The lowest BCUT2D eigenvalue weighted by Gasteiger charge is -2.16. The summed E-state index contributed by atoms with van der Waals surface area (Å²) < 4.78 is 5.41. The van der Waals surface area contributed by atoms with Gasteiger partial charge >= 0.3 is 0 Å². The van der Waals surface area contributed by atoms with Gasteiger partial charge in [-0.05, 0) is 31.0 Å². The average Bonchev–Trinajstić information content (AvgIpc) is 2.49. The highest BCUT2D eigenvalue weighted by molar-refractivity contribution is 5.69. The van der Waals surface area contributed by atoms with Gasteiger partial charge in [0, 0.05) is 12.6 Å². The molecule has 0 bridgehead atoms. The van der Waals surface area contributed by atoms with Gasteiger partial charge in [0.15, 0.2) is 0 Å². The van der Waals surface area contributed by atoms with Gasteiger partial charge in [-0.25, -0.2) is 9.97 Å². The number of benzene rings is 1. The topological polar surface area (TPSA) is 59.1 Å². The highest BCUT2D eigenvalue weighted by Gasteiger charge is 2.12. The lowest BCUT2D eigenvalue weighted by molar-refractivity contribution is 0.416. The molecule has 0 aliphatic carbocycles. The summed E-state index contributed by atoms with van der Waals surface area (Å²) >= 11 is 0. The molecule has 2 rings (SSSR count). The van der Waals surface area contributed by atoms with Crippen LogP contribution in [0.4, 0.5) is 17.3 Å². The number of methoxy groups -OCH3 is 1. The normalized spacial score (nSPS) is 10.3. The van der Waals surface area contributed by atoms with Crippen LogP contribution in [-0.4, -0.2) is 24.1 Å². The summed E-state index contributed by atoms with van der Waals surface area (Å²) in [6, 6.07) is 6.03. The first kappa shape index (κ1) is 15.1. The molecule has 2 N–H and O–H groups in total. The second-order valence-corrected chi connectivity index (χ2v) is 4.88. The van der Waals surface area contributed by atoms with Gasteiger partial charge in [-0.3, -0.25) is 0 Å². The zero-order valence-corrected chi connectivity index (χ0v) is 13.0. The van der Waals surface area contributed by atoms with Gasteiger partial charge in [0.05, 0.1) is 12.8 Å². The zero-order valence-electron chi connectivity index (χ0n) is 13.0. The van der Waals surface area contributed by atoms with E-state index in [-0.39, 0.29) is 0 Å². The highest BCUT2D eigenvalue weighted by Crippen LogP contribution is 2.31. The van der Waals surface area contributed by atoms with Crippen molar-refractivity contribution in [2.75, 3.05) is 24.8 Å². The third-order valence-corrected chi connectivity index (χ3v) is 3.29. The van der Waals surface area contributed by atoms with Crippen LogP contribution in [0.25, 0.3) is 0 Å². The van der Waals surface area contributed by atoms with Gasteiger partial charge in [-0.1, -0.05) is 19.4 Å². The number of hydrogen-bond donors (Lipinski definition) is 2. The zero-order chi connectivity index (χ0) is 15.2. The van der Waals surface area contributed by atoms with Crippen molar-refractivity contribution < 1.29 is 4.74 Å². The second kappa shape index (κ2) is 6.92. The predicted octanol–water partition coefficient (Wildman–Crippen LogP) is 3.53. The summed E-state index contributed by atoms with van der Waals surface area (Å²) in [5, 5.41) is 6.50. The molecule has 0 unspecified atom stereocenters. The highest BCUT2D eigenvalue weighted by atomic mass is 16.5. The van der Waals surface area contributed by atoms with Crippen LogP contribution in [0.5, 0.6) is 5.75 Å². The Labute approximate surface area is 125 Å². The summed E-state index contributed by atoms with van der Waals surface area (Å²) in [7, 11) is 3.54. The SMILES string of the molecule is CCCc1c(NC)ncnc1Nc1cc(C)ccc1OC. The van der Waals surface area contributed by atoms with E-state index in [0.29, 0.717) is 0 Å². The Bertz CT molecular complexity index is 613. The van der Waals surface area contributed by atoms with E-state index in [1.807, 2.05) is 19.2 Å². The van der Waals surface area contributed by atoms with Crippen molar-refractivity contribution in [2.24, 2.45) is 0 Å². The van der Waals surface area contributed by atoms with E-state index in [4.69, 9.17) is 4.74 Å². The molecule has 0 amide bonds. The maximum absolute atomic E-state index is 5.41. The van der Waals surface area contributed by atoms with Crippen molar-refractivity contribution in [1.29, 1.82) is 0 Å². The number of anilines is 3. The molecule has 0 fully saturated rings. The standard InChI is InChI=1S/C16H22N4O/c1-5-6-12-15(17-3)18-10-19-16(12)20-13-9-11(2)7-8-14(13)21-4/h7-10H,5-6H2,1-4H3,(H2,17,18,19,20). The molecule has 0 aliphatic heterocycles. The molecule has 0 aliphatic rings. The number of nitrogens with zero attached hydrogens (tertiary/aromatic N) is 2. The second-order valence-electron chi connectivity index (χ2n) is 4.88. The molecular formula is C16H22N4O. The monoisotopic (exact) mass is 286 g/mol. The number of ether oxygens (including phenoxy) is 1. The Kier molecular flexibility index (Phi) is 4.98. The van der Waals surface area contributed by atoms with Crippen LogP contribution in [0.3, 0.4) is 0 Å². The number of aromatic nitrogens is 2. The van der Waals surface area contributed by atoms with Crippen molar-refractivity contribution in [3.05, 3.63) is 35.7 Å². The maximum atomic E-state index is 5.41. The van der Waals surface area contributed by atoms with E-state index in [1.165, 1.54) is 5.56 Å². The first-order valence-corrected chi connectivity index (χ1v) is 7.12. The lowest BCUT2D eigenvalue weighted by Crippen LogP contribution is -2.06. The molecule has 1 aromatic carbocycles. The van der Waals surface area contributed by atoms with Crippen molar-refractivity contribution in [3.8, 4) is 5.75 Å². The summed E-state index contributed by atoms with van der Waals surface area (Å²) in [6.07, 6.45) is 3.50. The lowest BCUT2D eigenvalue weighted by atomic mass is 10.1. The Morgan fingerprint density at radius 1 is 1.19 bits per heavy atom. The van der Waals surface area contributed by atoms with Crippen molar-refractivity contribution in [3.63, 3.8) is 0 Å². The molecule has 1 heterocycles. The number of rotatable bonds is 6. The molecule has 0 radical (unpaired) electrons. The van der Waals surface area contributed by atoms with Crippen LogP contribution < -0.4 is 15.4 Å². The van der Waals surface area contributed by atoms with E-state index in [0.717, 1.165) is 41.5 Å². The third kappa shape index (κ3) is 3.42. The van der Waals surface area contributed by atoms with E-state index < -0.39 is 0 Å². The van der Waals surface area contributed by atoms with Gasteiger partial charge in [0.25, 0.3) is 0 Å². The van der Waals surface area contributed by atoms with Gasteiger partial charge in [0.2, 0.25) is 0 Å². The fourth-order valence-corrected chi connectivity index (χ4v) is 2.27. The molecular weight excluding hydrogens is 264 g/mol. The van der Waals surface area contributed by atoms with Gasteiger partial charge < -0.3 is 15.4 Å². The number of nitrogens with one attached hydrogen (secondary N) is 2. The predicted molar refractivity (Wildman–Crippen MR) is 86.6 cm³/mol. The molecule has 0 saturated heterocycles. The fourth-order valence-electron chi connectivity index (χ4n) is 2.27. The molecule has 2 aromatic rings. The minimum Gasteiger partial charge on any atom is -0.495 e. The van der Waals surface area contributed by atoms with Crippen molar-refractivity contribution in [1.82, 2.24) is 9.97 Å². The molecule has 0 spiro atoms. The first-order valence-electron chi connectivity index (χ1n) is 7.12. The van der Waals surface area contributed by atoms with E-state index in [2.05, 4.69) is 40.5 Å². The smallest absolute Gasteiger partial charge is 0.142 e. The van der Waals surface area contributed by atoms with Crippen LogP contribution >= 0.6 is 0 Å². The minimum atomic E-state index is 0.799.